The summed E-state index contributed by atoms with van der Waals surface area (Å²) in [6.07, 6.45) is -2.93. The normalized spacial score (nSPS) is 11.8. The van der Waals surface area contributed by atoms with Gasteiger partial charge >= 0.3 is 6.18 Å². The Morgan fingerprint density at radius 3 is 2.60 bits per heavy atom. The highest BCUT2D eigenvalue weighted by Crippen LogP contribution is 2.32. The monoisotopic (exact) mass is 284 g/mol. The summed E-state index contributed by atoms with van der Waals surface area (Å²) >= 11 is 0. The van der Waals surface area contributed by atoms with Crippen molar-refractivity contribution < 1.29 is 13.2 Å². The van der Waals surface area contributed by atoms with Gasteiger partial charge in [-0.2, -0.15) is 13.2 Å². The van der Waals surface area contributed by atoms with Gasteiger partial charge in [-0.1, -0.05) is 36.8 Å². The van der Waals surface area contributed by atoms with E-state index in [-0.39, 0.29) is 17.9 Å². The van der Waals surface area contributed by atoms with Crippen molar-refractivity contribution in [3.8, 4) is 0 Å². The number of anilines is 1. The first-order valence-corrected chi connectivity index (χ1v) is 6.26. The second-order valence-electron chi connectivity index (χ2n) is 4.48. The van der Waals surface area contributed by atoms with Crippen LogP contribution in [-0.4, -0.2) is 15.0 Å². The highest BCUT2D eigenvalue weighted by Gasteiger charge is 2.33. The summed E-state index contributed by atoms with van der Waals surface area (Å²) in [6, 6.07) is 5.45. The first-order valence-electron chi connectivity index (χ1n) is 6.26. The topological polar surface area (TPSA) is 56.7 Å². The van der Waals surface area contributed by atoms with Gasteiger partial charge in [-0.25, -0.2) is 4.68 Å². The molecule has 108 valence electrons. The van der Waals surface area contributed by atoms with Crippen LogP contribution in [0.5, 0.6) is 0 Å². The molecule has 2 rings (SSSR count). The fourth-order valence-corrected chi connectivity index (χ4v) is 2.06. The molecule has 0 atom stereocenters. The lowest BCUT2D eigenvalue weighted by Crippen LogP contribution is -2.14. The number of nitrogens with two attached hydrogens (primary N) is 1. The van der Waals surface area contributed by atoms with Crippen LogP contribution in [0.4, 0.5) is 19.0 Å². The summed E-state index contributed by atoms with van der Waals surface area (Å²) in [5.41, 5.74) is 5.86. The summed E-state index contributed by atoms with van der Waals surface area (Å²) in [5.74, 6) is 0.274. The molecule has 2 aromatic rings. The zero-order chi connectivity index (χ0) is 14.8. The van der Waals surface area contributed by atoms with Crippen LogP contribution in [0, 0.1) is 0 Å². The first kappa shape index (κ1) is 14.4. The average molecular weight is 284 g/mol. The van der Waals surface area contributed by atoms with Crippen molar-refractivity contribution in [2.45, 2.75) is 32.5 Å². The number of benzene rings is 1. The van der Waals surface area contributed by atoms with E-state index in [9.17, 15) is 13.2 Å². The lowest BCUT2D eigenvalue weighted by Gasteiger charge is -2.13. The van der Waals surface area contributed by atoms with E-state index in [1.54, 1.807) is 6.07 Å². The fraction of sp³-hybridized carbons (Fsp3) is 0.385. The van der Waals surface area contributed by atoms with Crippen LogP contribution >= 0.6 is 0 Å². The molecule has 0 spiro atoms. The zero-order valence-corrected chi connectivity index (χ0v) is 11.0. The van der Waals surface area contributed by atoms with Gasteiger partial charge in [-0.3, -0.25) is 0 Å². The average Bonchev–Trinajstić information content (AvgIpc) is 2.71. The number of hydrogen-bond donors (Lipinski definition) is 1. The van der Waals surface area contributed by atoms with Crippen LogP contribution in [0.25, 0.3) is 0 Å². The van der Waals surface area contributed by atoms with Crippen LogP contribution in [0.3, 0.4) is 0 Å². The van der Waals surface area contributed by atoms with E-state index in [1.165, 1.54) is 16.8 Å². The van der Waals surface area contributed by atoms with Gasteiger partial charge in [-0.15, -0.1) is 5.10 Å². The number of nitrogens with zero attached hydrogens (tertiary/aromatic N) is 3. The number of halogens is 3. The lowest BCUT2D eigenvalue weighted by atomic mass is 10.1. The van der Waals surface area contributed by atoms with Crippen molar-refractivity contribution in [1.82, 2.24) is 15.0 Å². The van der Waals surface area contributed by atoms with E-state index in [2.05, 4.69) is 10.3 Å². The van der Waals surface area contributed by atoms with Crippen molar-refractivity contribution in [1.29, 1.82) is 0 Å². The molecule has 1 aromatic heterocycles. The summed E-state index contributed by atoms with van der Waals surface area (Å²) < 4.78 is 40.2. The van der Waals surface area contributed by atoms with Crippen molar-refractivity contribution >= 4 is 5.82 Å². The number of nitrogen functional groups attached to an aromatic ring is 1. The number of alkyl halides is 3. The molecule has 1 heterocycles. The molecule has 7 heteroatoms. The van der Waals surface area contributed by atoms with Crippen LogP contribution in [0.15, 0.2) is 24.3 Å². The molecule has 1 aromatic carbocycles. The molecule has 0 radical (unpaired) electrons. The van der Waals surface area contributed by atoms with Crippen LogP contribution < -0.4 is 5.73 Å². The molecule has 2 N–H and O–H groups in total. The van der Waals surface area contributed by atoms with Crippen LogP contribution in [0.2, 0.25) is 0 Å². The second kappa shape index (κ2) is 5.52. The quantitative estimate of drug-likeness (QED) is 0.939. The van der Waals surface area contributed by atoms with Gasteiger partial charge in [0.05, 0.1) is 17.8 Å². The van der Waals surface area contributed by atoms with E-state index in [0.717, 1.165) is 12.5 Å². The van der Waals surface area contributed by atoms with Crippen LogP contribution in [-0.2, 0) is 19.1 Å². The second-order valence-corrected chi connectivity index (χ2v) is 4.48. The first-order chi connectivity index (χ1) is 9.43. The Morgan fingerprint density at radius 1 is 1.25 bits per heavy atom. The van der Waals surface area contributed by atoms with Crippen molar-refractivity contribution in [3.05, 3.63) is 41.1 Å². The molecule has 0 amide bonds. The molecular formula is C13H15F3N4. The highest BCUT2D eigenvalue weighted by atomic mass is 19.4. The number of aromatic nitrogens is 3. The third kappa shape index (κ3) is 2.92. The minimum atomic E-state index is -4.38. The number of hydrogen-bond acceptors (Lipinski definition) is 3. The van der Waals surface area contributed by atoms with E-state index >= 15 is 0 Å². The Labute approximate surface area is 114 Å². The molecule has 0 bridgehead atoms. The molecule has 0 fully saturated rings. The maximum Gasteiger partial charge on any atom is 0.416 e. The minimum Gasteiger partial charge on any atom is -0.381 e. The maximum atomic E-state index is 12.9. The smallest absolute Gasteiger partial charge is 0.381 e. The van der Waals surface area contributed by atoms with Crippen molar-refractivity contribution in [3.63, 3.8) is 0 Å². The fourth-order valence-electron chi connectivity index (χ4n) is 2.06. The Balaban J connectivity index is 2.36. The third-order valence-corrected chi connectivity index (χ3v) is 3.00. The van der Waals surface area contributed by atoms with Crippen molar-refractivity contribution in [2.75, 3.05) is 5.73 Å². The lowest BCUT2D eigenvalue weighted by molar-refractivity contribution is -0.138. The van der Waals surface area contributed by atoms with Crippen molar-refractivity contribution in [2.24, 2.45) is 0 Å². The van der Waals surface area contributed by atoms with Gasteiger partial charge in [0.25, 0.3) is 0 Å². The standard InChI is InChI=1S/C13H15F3N4/c1-2-5-11-12(17)18-19-20(11)8-9-6-3-4-7-10(9)13(14,15)16/h3-4,6-7H,2,5,8,17H2,1H3. The highest BCUT2D eigenvalue weighted by molar-refractivity contribution is 5.35. The van der Waals surface area contributed by atoms with E-state index in [0.29, 0.717) is 12.1 Å². The summed E-state index contributed by atoms with van der Waals surface area (Å²) in [4.78, 5) is 0. The molecule has 0 aliphatic carbocycles. The molecule has 0 aliphatic rings. The van der Waals surface area contributed by atoms with Gasteiger partial charge in [0.15, 0.2) is 5.82 Å². The van der Waals surface area contributed by atoms with E-state index in [4.69, 9.17) is 5.73 Å². The molecule has 0 saturated heterocycles. The predicted molar refractivity (Wildman–Crippen MR) is 69.0 cm³/mol. The Bertz CT molecular complexity index is 590. The molecule has 0 saturated carbocycles. The molecular weight excluding hydrogens is 269 g/mol. The molecule has 0 unspecified atom stereocenters. The summed E-state index contributed by atoms with van der Waals surface area (Å²) in [5, 5.41) is 7.56. The van der Waals surface area contributed by atoms with Gasteiger partial charge < -0.3 is 5.73 Å². The maximum absolute atomic E-state index is 12.9. The van der Waals surface area contributed by atoms with Gasteiger partial charge in [0, 0.05) is 0 Å². The third-order valence-electron chi connectivity index (χ3n) is 3.00. The predicted octanol–water partition coefficient (Wildman–Crippen LogP) is 2.88. The largest absolute Gasteiger partial charge is 0.416 e. The molecule has 0 aliphatic heterocycles. The Kier molecular flexibility index (Phi) is 3.96. The van der Waals surface area contributed by atoms with Gasteiger partial charge in [0.2, 0.25) is 0 Å². The van der Waals surface area contributed by atoms with E-state index in [1.807, 2.05) is 6.92 Å². The molecule has 20 heavy (non-hydrogen) atoms. The van der Waals surface area contributed by atoms with Gasteiger partial charge in [0.1, 0.15) is 0 Å². The Hall–Kier alpha value is -2.05. The SMILES string of the molecule is CCCc1c(N)nnn1Cc1ccccc1C(F)(F)F. The number of rotatable bonds is 4. The zero-order valence-electron chi connectivity index (χ0n) is 11.0. The van der Waals surface area contributed by atoms with E-state index < -0.39 is 11.7 Å². The van der Waals surface area contributed by atoms with Gasteiger partial charge in [-0.05, 0) is 18.1 Å². The summed E-state index contributed by atoms with van der Waals surface area (Å²) in [6.45, 7) is 1.97. The summed E-state index contributed by atoms with van der Waals surface area (Å²) in [7, 11) is 0. The minimum absolute atomic E-state index is 0.00914. The molecule has 4 nitrogen and oxygen atoms in total. The van der Waals surface area contributed by atoms with Crippen LogP contribution in [0.1, 0.15) is 30.2 Å². The Morgan fingerprint density at radius 2 is 1.95 bits per heavy atom.